The van der Waals surface area contributed by atoms with Gasteiger partial charge in [0.05, 0.1) is 0 Å². The third-order valence-electron chi connectivity index (χ3n) is 13.3. The molecule has 1 nitrogen and oxygen atoms in total. The highest BCUT2D eigenvalue weighted by Crippen LogP contribution is 2.47. The molecule has 314 valence electrons. The van der Waals surface area contributed by atoms with E-state index in [1.54, 1.807) is 0 Å². The summed E-state index contributed by atoms with van der Waals surface area (Å²) < 4.78 is 0. The molecule has 0 aliphatic heterocycles. The molecular weight excluding hydrogens is 807 g/mol. The predicted molar refractivity (Wildman–Crippen MR) is 286 cm³/mol. The zero-order valence-electron chi connectivity index (χ0n) is 36.9. The summed E-state index contributed by atoms with van der Waals surface area (Å²) in [6, 6.07) is 99.8. The molecule has 0 aliphatic carbocycles. The van der Waals surface area contributed by atoms with Gasteiger partial charge in [-0.15, -0.1) is 0 Å². The average Bonchev–Trinajstić information content (AvgIpc) is 3.41. The lowest BCUT2D eigenvalue weighted by Gasteiger charge is -2.29. The van der Waals surface area contributed by atoms with Crippen LogP contribution in [0.15, 0.2) is 273 Å². The van der Waals surface area contributed by atoms with Crippen LogP contribution in [0.3, 0.4) is 0 Å². The molecule has 12 rings (SSSR count). The van der Waals surface area contributed by atoms with Gasteiger partial charge in [0.15, 0.2) is 0 Å². The van der Waals surface area contributed by atoms with Crippen molar-refractivity contribution in [3.8, 4) is 66.8 Å². The Hall–Kier alpha value is -8.78. The van der Waals surface area contributed by atoms with Crippen molar-refractivity contribution >= 4 is 49.4 Å². The molecule has 0 spiro atoms. The van der Waals surface area contributed by atoms with Gasteiger partial charge in [0.25, 0.3) is 0 Å². The van der Waals surface area contributed by atoms with Gasteiger partial charge in [0.2, 0.25) is 0 Å². The van der Waals surface area contributed by atoms with Crippen molar-refractivity contribution in [3.63, 3.8) is 0 Å². The van der Waals surface area contributed by atoms with Crippen LogP contribution >= 0.6 is 0 Å². The molecule has 0 saturated carbocycles. The van der Waals surface area contributed by atoms with Gasteiger partial charge in [-0.05, 0) is 135 Å². The standard InChI is InChI=1S/C66H45N/c1-4-19-46(20-5-1)58-40-37-52(43-64(58)61-34-16-28-49-25-10-13-31-55(49)61)67(53-38-41-59(47-21-6-2-7-22-47)65(44-53)62-35-17-29-50-26-11-14-32-56(50)62)54-39-42-60(48-23-8-3-9-24-48)66(45-54)63-36-18-30-51-27-12-15-33-57(51)63/h1-45H. The molecule has 0 unspecified atom stereocenters. The highest BCUT2D eigenvalue weighted by molar-refractivity contribution is 6.05. The summed E-state index contributed by atoms with van der Waals surface area (Å²) in [5, 5.41) is 7.32. The van der Waals surface area contributed by atoms with Gasteiger partial charge in [0, 0.05) is 17.1 Å². The maximum absolute atomic E-state index is 2.47. The zero-order valence-corrected chi connectivity index (χ0v) is 36.9. The van der Waals surface area contributed by atoms with E-state index >= 15 is 0 Å². The largest absolute Gasteiger partial charge is 0.310 e. The Morgan fingerprint density at radius 1 is 0.179 bits per heavy atom. The monoisotopic (exact) mass is 851 g/mol. The SMILES string of the molecule is c1ccc(-c2ccc(N(c3ccc(-c4ccccc4)c(-c4cccc5ccccc45)c3)c3ccc(-c4ccccc4)c(-c4cccc5ccccc45)c3)cc2-c2cccc3ccccc23)cc1. The number of hydrogen-bond acceptors (Lipinski definition) is 1. The second-order valence-corrected chi connectivity index (χ2v) is 17.2. The Kier molecular flexibility index (Phi) is 10.3. The zero-order chi connectivity index (χ0) is 44.5. The molecule has 0 saturated heterocycles. The quantitative estimate of drug-likeness (QED) is 0.140. The number of benzene rings is 12. The van der Waals surface area contributed by atoms with Crippen molar-refractivity contribution in [1.82, 2.24) is 0 Å². The summed E-state index contributed by atoms with van der Waals surface area (Å²) in [4.78, 5) is 2.47. The molecule has 0 N–H and O–H groups in total. The van der Waals surface area contributed by atoms with E-state index < -0.39 is 0 Å². The van der Waals surface area contributed by atoms with Crippen LogP contribution in [0.4, 0.5) is 17.1 Å². The topological polar surface area (TPSA) is 3.24 Å². The highest BCUT2D eigenvalue weighted by atomic mass is 15.1. The van der Waals surface area contributed by atoms with Crippen LogP contribution in [-0.4, -0.2) is 0 Å². The van der Waals surface area contributed by atoms with E-state index in [1.807, 2.05) is 0 Å². The maximum atomic E-state index is 2.47. The van der Waals surface area contributed by atoms with E-state index in [0.717, 1.165) is 17.1 Å². The Balaban J connectivity index is 1.16. The molecule has 12 aromatic rings. The van der Waals surface area contributed by atoms with Gasteiger partial charge in [-0.3, -0.25) is 0 Å². The van der Waals surface area contributed by atoms with E-state index in [1.165, 1.54) is 99.1 Å². The fourth-order valence-electron chi connectivity index (χ4n) is 10.1. The summed E-state index contributed by atoms with van der Waals surface area (Å²) >= 11 is 0. The first kappa shape index (κ1) is 39.8. The number of anilines is 3. The van der Waals surface area contributed by atoms with Crippen molar-refractivity contribution in [1.29, 1.82) is 0 Å². The Labute approximate surface area is 392 Å². The molecular formula is C66H45N. The first-order valence-corrected chi connectivity index (χ1v) is 23.1. The van der Waals surface area contributed by atoms with Crippen LogP contribution in [0.25, 0.3) is 99.1 Å². The summed E-state index contributed by atoms with van der Waals surface area (Å²) in [6.45, 7) is 0. The van der Waals surface area contributed by atoms with Crippen molar-refractivity contribution in [3.05, 3.63) is 273 Å². The molecule has 0 fully saturated rings. The van der Waals surface area contributed by atoms with Crippen LogP contribution in [-0.2, 0) is 0 Å². The second kappa shape index (κ2) is 17.3. The number of rotatable bonds is 9. The van der Waals surface area contributed by atoms with E-state index in [9.17, 15) is 0 Å². The molecule has 0 atom stereocenters. The molecule has 0 radical (unpaired) electrons. The van der Waals surface area contributed by atoms with Crippen LogP contribution in [0, 0.1) is 0 Å². The average molecular weight is 852 g/mol. The third-order valence-corrected chi connectivity index (χ3v) is 13.3. The Morgan fingerprint density at radius 2 is 0.448 bits per heavy atom. The molecule has 12 aromatic carbocycles. The van der Waals surface area contributed by atoms with Crippen LogP contribution < -0.4 is 4.90 Å². The van der Waals surface area contributed by atoms with Crippen molar-refractivity contribution in [2.24, 2.45) is 0 Å². The first-order chi connectivity index (χ1) is 33.2. The minimum absolute atomic E-state index is 1.07. The lowest BCUT2D eigenvalue weighted by molar-refractivity contribution is 1.28. The summed E-state index contributed by atoms with van der Waals surface area (Å²) in [5.41, 5.74) is 17.4. The van der Waals surface area contributed by atoms with Gasteiger partial charge >= 0.3 is 0 Å². The third kappa shape index (κ3) is 7.43. The number of fused-ring (bicyclic) bond motifs is 3. The highest BCUT2D eigenvalue weighted by Gasteiger charge is 2.22. The minimum atomic E-state index is 1.07. The minimum Gasteiger partial charge on any atom is -0.310 e. The molecule has 0 heterocycles. The smallest absolute Gasteiger partial charge is 0.0468 e. The summed E-state index contributed by atoms with van der Waals surface area (Å²) in [5.74, 6) is 0. The van der Waals surface area contributed by atoms with Gasteiger partial charge in [0.1, 0.15) is 0 Å². The molecule has 0 amide bonds. The number of hydrogen-bond donors (Lipinski definition) is 0. The van der Waals surface area contributed by atoms with Crippen molar-refractivity contribution in [2.45, 2.75) is 0 Å². The maximum Gasteiger partial charge on any atom is 0.0468 e. The molecule has 0 aliphatic rings. The second-order valence-electron chi connectivity index (χ2n) is 17.2. The van der Waals surface area contributed by atoms with E-state index in [0.29, 0.717) is 0 Å². The first-order valence-electron chi connectivity index (χ1n) is 23.1. The fraction of sp³-hybridized carbons (Fsp3) is 0. The van der Waals surface area contributed by atoms with Gasteiger partial charge in [-0.25, -0.2) is 0 Å². The van der Waals surface area contributed by atoms with Crippen molar-refractivity contribution in [2.75, 3.05) is 4.90 Å². The number of nitrogens with zero attached hydrogens (tertiary/aromatic N) is 1. The van der Waals surface area contributed by atoms with Gasteiger partial charge in [-0.1, -0.05) is 237 Å². The lowest BCUT2D eigenvalue weighted by Crippen LogP contribution is -2.11. The molecule has 1 heteroatoms. The van der Waals surface area contributed by atoms with Crippen LogP contribution in [0.5, 0.6) is 0 Å². The van der Waals surface area contributed by atoms with E-state index in [-0.39, 0.29) is 0 Å². The van der Waals surface area contributed by atoms with Gasteiger partial charge < -0.3 is 4.90 Å². The normalized spacial score (nSPS) is 11.3. The molecule has 0 aromatic heterocycles. The van der Waals surface area contributed by atoms with E-state index in [2.05, 4.69) is 278 Å². The fourth-order valence-corrected chi connectivity index (χ4v) is 10.1. The lowest BCUT2D eigenvalue weighted by atomic mass is 9.89. The van der Waals surface area contributed by atoms with Crippen LogP contribution in [0.2, 0.25) is 0 Å². The van der Waals surface area contributed by atoms with Gasteiger partial charge in [-0.2, -0.15) is 0 Å². The van der Waals surface area contributed by atoms with Crippen molar-refractivity contribution < 1.29 is 0 Å². The molecule has 0 bridgehead atoms. The Morgan fingerprint density at radius 3 is 0.761 bits per heavy atom. The summed E-state index contributed by atoms with van der Waals surface area (Å²) in [7, 11) is 0. The predicted octanol–water partition coefficient (Wildman–Crippen LogP) is 18.6. The summed E-state index contributed by atoms with van der Waals surface area (Å²) in [6.07, 6.45) is 0. The Bertz CT molecular complexity index is 3330. The van der Waals surface area contributed by atoms with Crippen LogP contribution in [0.1, 0.15) is 0 Å². The van der Waals surface area contributed by atoms with E-state index in [4.69, 9.17) is 0 Å². The molecule has 67 heavy (non-hydrogen) atoms.